The largest absolute Gasteiger partial charge is 0.113 e. The maximum Gasteiger partial charge on any atom is 0.0399 e. The molecule has 0 saturated carbocycles. The summed E-state index contributed by atoms with van der Waals surface area (Å²) in [7, 11) is 0. The number of allylic oxidation sites excluding steroid dienone is 1. The van der Waals surface area contributed by atoms with E-state index in [0.717, 1.165) is 0 Å². The van der Waals surface area contributed by atoms with Crippen LogP contribution in [0.5, 0.6) is 0 Å². The van der Waals surface area contributed by atoms with E-state index in [-0.39, 0.29) is 0 Å². The van der Waals surface area contributed by atoms with E-state index in [1.54, 1.807) is 4.99 Å². The molecule has 46 valence electrons. The average molecular weight is 240 g/mol. The molecule has 0 spiro atoms. The van der Waals surface area contributed by atoms with Gasteiger partial charge in [-0.25, -0.2) is 0 Å². The van der Waals surface area contributed by atoms with Crippen molar-refractivity contribution >= 4 is 31.9 Å². The summed E-state index contributed by atoms with van der Waals surface area (Å²) in [6.07, 6.45) is 0. The Balaban J connectivity index is 4.01. The summed E-state index contributed by atoms with van der Waals surface area (Å²) in [5, 5.41) is 0. The SMILES string of the molecule is CC(=C=CBr)C(C)Br. The van der Waals surface area contributed by atoms with E-state index in [1.807, 2.05) is 6.92 Å². The second-order valence-corrected chi connectivity index (χ2v) is 3.38. The van der Waals surface area contributed by atoms with Crippen LogP contribution < -0.4 is 0 Å². The molecule has 1 atom stereocenters. The lowest BCUT2D eigenvalue weighted by molar-refractivity contribution is 1.15. The van der Waals surface area contributed by atoms with Crippen LogP contribution in [0.4, 0.5) is 0 Å². The van der Waals surface area contributed by atoms with Gasteiger partial charge in [-0.15, -0.1) is 5.73 Å². The predicted molar refractivity (Wildman–Crippen MR) is 44.6 cm³/mol. The summed E-state index contributed by atoms with van der Waals surface area (Å²) in [5.74, 6) is 0. The first-order valence-corrected chi connectivity index (χ1v) is 4.17. The van der Waals surface area contributed by atoms with Crippen molar-refractivity contribution in [1.29, 1.82) is 0 Å². The van der Waals surface area contributed by atoms with Crippen LogP contribution in [0.2, 0.25) is 0 Å². The van der Waals surface area contributed by atoms with Crippen LogP contribution in [-0.2, 0) is 0 Å². The molecule has 2 heteroatoms. The van der Waals surface area contributed by atoms with Gasteiger partial charge in [0.15, 0.2) is 0 Å². The van der Waals surface area contributed by atoms with Crippen LogP contribution >= 0.6 is 31.9 Å². The van der Waals surface area contributed by atoms with Crippen molar-refractivity contribution in [3.8, 4) is 0 Å². The summed E-state index contributed by atoms with van der Waals surface area (Å²) in [6, 6.07) is 0. The molecule has 0 fully saturated rings. The molecule has 0 rings (SSSR count). The van der Waals surface area contributed by atoms with Crippen molar-refractivity contribution in [2.75, 3.05) is 0 Å². The first-order chi connectivity index (χ1) is 3.68. The quantitative estimate of drug-likeness (QED) is 0.487. The summed E-state index contributed by atoms with van der Waals surface area (Å²) in [4.78, 5) is 2.16. The van der Waals surface area contributed by atoms with Crippen molar-refractivity contribution < 1.29 is 0 Å². The minimum atomic E-state index is 0.427. The number of alkyl halides is 1. The van der Waals surface area contributed by atoms with Gasteiger partial charge in [0.05, 0.1) is 0 Å². The fraction of sp³-hybridized carbons (Fsp3) is 0.500. The summed E-state index contributed by atoms with van der Waals surface area (Å²) >= 11 is 6.54. The fourth-order valence-corrected chi connectivity index (χ4v) is 0.694. The molecule has 0 saturated heterocycles. The molecule has 0 aliphatic heterocycles. The third-order valence-corrected chi connectivity index (χ3v) is 1.79. The molecule has 0 bridgehead atoms. The van der Waals surface area contributed by atoms with E-state index in [9.17, 15) is 0 Å². The molecular weight excluding hydrogens is 232 g/mol. The highest BCUT2D eigenvalue weighted by Crippen LogP contribution is 2.08. The highest BCUT2D eigenvalue weighted by molar-refractivity contribution is 9.11. The van der Waals surface area contributed by atoms with E-state index in [2.05, 4.69) is 44.5 Å². The number of halogens is 2. The Labute approximate surface area is 66.9 Å². The van der Waals surface area contributed by atoms with Gasteiger partial charge in [-0.3, -0.25) is 0 Å². The van der Waals surface area contributed by atoms with Crippen molar-refractivity contribution in [3.63, 3.8) is 0 Å². The fourth-order valence-electron chi connectivity index (χ4n) is 0.201. The molecule has 0 heterocycles. The molecule has 0 aliphatic rings. The Bertz CT molecular complexity index is 118. The summed E-state index contributed by atoms with van der Waals surface area (Å²) in [5.41, 5.74) is 4.20. The first kappa shape index (κ1) is 8.48. The Morgan fingerprint density at radius 3 is 2.38 bits per heavy atom. The van der Waals surface area contributed by atoms with Crippen LogP contribution in [0.3, 0.4) is 0 Å². The zero-order chi connectivity index (χ0) is 6.57. The van der Waals surface area contributed by atoms with Crippen molar-refractivity contribution in [3.05, 3.63) is 16.3 Å². The monoisotopic (exact) mass is 238 g/mol. The topological polar surface area (TPSA) is 0 Å². The minimum absolute atomic E-state index is 0.427. The van der Waals surface area contributed by atoms with Gasteiger partial charge >= 0.3 is 0 Å². The molecular formula is C6H8Br2. The van der Waals surface area contributed by atoms with Gasteiger partial charge < -0.3 is 0 Å². The van der Waals surface area contributed by atoms with Crippen molar-refractivity contribution in [1.82, 2.24) is 0 Å². The predicted octanol–water partition coefficient (Wildman–Crippen LogP) is 3.22. The smallest absolute Gasteiger partial charge is 0.0399 e. The number of rotatable bonds is 1. The molecule has 0 nitrogen and oxygen atoms in total. The molecule has 0 aromatic rings. The average Bonchev–Trinajstić information content (AvgIpc) is 1.67. The first-order valence-electron chi connectivity index (χ1n) is 2.34. The third-order valence-electron chi connectivity index (χ3n) is 0.879. The highest BCUT2D eigenvalue weighted by Gasteiger charge is 1.93. The van der Waals surface area contributed by atoms with Crippen LogP contribution in [0.25, 0.3) is 0 Å². The molecule has 0 aromatic carbocycles. The van der Waals surface area contributed by atoms with Crippen LogP contribution in [-0.4, -0.2) is 4.83 Å². The second-order valence-electron chi connectivity index (χ2n) is 1.55. The van der Waals surface area contributed by atoms with E-state index in [4.69, 9.17) is 0 Å². The highest BCUT2D eigenvalue weighted by atomic mass is 79.9. The van der Waals surface area contributed by atoms with E-state index < -0.39 is 0 Å². The second kappa shape index (κ2) is 4.37. The molecule has 1 unspecified atom stereocenters. The van der Waals surface area contributed by atoms with Gasteiger partial charge in [0.2, 0.25) is 0 Å². The number of hydrogen-bond acceptors (Lipinski definition) is 0. The van der Waals surface area contributed by atoms with Gasteiger partial charge in [-0.05, 0) is 19.4 Å². The van der Waals surface area contributed by atoms with E-state index in [1.165, 1.54) is 5.57 Å². The minimum Gasteiger partial charge on any atom is -0.113 e. The van der Waals surface area contributed by atoms with Crippen LogP contribution in [0, 0.1) is 0 Å². The van der Waals surface area contributed by atoms with Crippen LogP contribution in [0.15, 0.2) is 16.3 Å². The zero-order valence-corrected chi connectivity index (χ0v) is 8.08. The van der Waals surface area contributed by atoms with Gasteiger partial charge in [-0.1, -0.05) is 31.9 Å². The maximum absolute atomic E-state index is 3.40. The lowest BCUT2D eigenvalue weighted by Crippen LogP contribution is -1.87. The van der Waals surface area contributed by atoms with Crippen LogP contribution in [0.1, 0.15) is 13.8 Å². The molecule has 0 aliphatic carbocycles. The lowest BCUT2D eigenvalue weighted by atomic mass is 10.3. The lowest BCUT2D eigenvalue weighted by Gasteiger charge is -1.95. The van der Waals surface area contributed by atoms with E-state index in [0.29, 0.717) is 4.83 Å². The van der Waals surface area contributed by atoms with Gasteiger partial charge in [0.1, 0.15) is 0 Å². The van der Waals surface area contributed by atoms with Crippen molar-refractivity contribution in [2.45, 2.75) is 18.7 Å². The third kappa shape index (κ3) is 3.48. The molecule has 0 radical (unpaired) electrons. The maximum atomic E-state index is 3.40. The normalized spacial score (nSPS) is 12.0. The molecule has 8 heavy (non-hydrogen) atoms. The standard InChI is InChI=1S/C6H8Br2/c1-5(3-4-7)6(2)8/h4,6H,1-2H3. The Kier molecular flexibility index (Phi) is 4.63. The molecule has 0 N–H and O–H groups in total. The van der Waals surface area contributed by atoms with E-state index >= 15 is 0 Å². The van der Waals surface area contributed by atoms with Gasteiger partial charge in [0, 0.05) is 9.81 Å². The summed E-state index contributed by atoms with van der Waals surface area (Å²) in [6.45, 7) is 4.09. The molecule has 0 amide bonds. The zero-order valence-electron chi connectivity index (χ0n) is 4.91. The van der Waals surface area contributed by atoms with Gasteiger partial charge in [0.25, 0.3) is 0 Å². The Morgan fingerprint density at radius 1 is 1.75 bits per heavy atom. The Morgan fingerprint density at radius 2 is 2.25 bits per heavy atom. The van der Waals surface area contributed by atoms with Crippen molar-refractivity contribution in [2.24, 2.45) is 0 Å². The Hall–Kier alpha value is 0.480. The number of hydrogen-bond donors (Lipinski definition) is 0. The summed E-state index contributed by atoms with van der Waals surface area (Å²) < 4.78 is 0. The van der Waals surface area contributed by atoms with Gasteiger partial charge in [-0.2, -0.15) is 0 Å². The molecule has 0 aromatic heterocycles.